The van der Waals surface area contributed by atoms with Gasteiger partial charge in [-0.15, -0.1) is 0 Å². The normalized spacial score (nSPS) is 10.0. The van der Waals surface area contributed by atoms with Gasteiger partial charge >= 0.3 is 0 Å². The van der Waals surface area contributed by atoms with E-state index < -0.39 is 10.7 Å². The van der Waals surface area contributed by atoms with Crippen LogP contribution in [0.4, 0.5) is 0 Å². The number of nitrogens with one attached hydrogen (secondary N) is 1. The molecule has 1 N–H and O–H groups in total. The van der Waals surface area contributed by atoms with Crippen LogP contribution in [0.2, 0.25) is 0 Å². The van der Waals surface area contributed by atoms with Gasteiger partial charge in [0.05, 0.1) is 0 Å². The van der Waals surface area contributed by atoms with Crippen LogP contribution in [0.5, 0.6) is 0 Å². The second-order valence-electron chi connectivity index (χ2n) is 0.972. The first-order valence-electron chi connectivity index (χ1n) is 1.97. The van der Waals surface area contributed by atoms with Crippen LogP contribution < -0.4 is 5.32 Å². The predicted molar refractivity (Wildman–Crippen MR) is 28.3 cm³/mol. The summed E-state index contributed by atoms with van der Waals surface area (Å²) in [6.07, 6.45) is 0. The van der Waals surface area contributed by atoms with Crippen molar-refractivity contribution in [3.05, 3.63) is 5.88 Å². The van der Waals surface area contributed by atoms with Gasteiger partial charge in [0.1, 0.15) is 5.88 Å². The lowest BCUT2D eigenvalue weighted by Crippen LogP contribution is -2.08. The van der Waals surface area contributed by atoms with E-state index in [1.54, 1.807) is 0 Å². The summed E-state index contributed by atoms with van der Waals surface area (Å²) in [5.41, 5.74) is 0. The molecule has 0 fully saturated rings. The molecule has 0 atom stereocenters. The molecule has 0 spiro atoms. The summed E-state index contributed by atoms with van der Waals surface area (Å²) in [5, 5.41) is 2.53. The molecule has 0 heterocycles. The topological polar surface area (TPSA) is 46.2 Å². The number of rotatable bonds is 3. The first kappa shape index (κ1) is 6.91. The van der Waals surface area contributed by atoms with Gasteiger partial charge in [0.2, 0.25) is 0 Å². The van der Waals surface area contributed by atoms with Gasteiger partial charge in [-0.1, -0.05) is 6.92 Å². The van der Waals surface area contributed by atoms with E-state index in [-0.39, 0.29) is 0 Å². The highest BCUT2D eigenvalue weighted by atomic mass is 32.2. The Morgan fingerprint density at radius 1 is 1.71 bits per heavy atom. The van der Waals surface area contributed by atoms with Gasteiger partial charge in [-0.05, 0) is 6.54 Å². The zero-order chi connectivity index (χ0) is 5.70. The Morgan fingerprint density at radius 2 is 2.29 bits per heavy atom. The molecule has 4 heteroatoms. The molecule has 7 heavy (non-hydrogen) atoms. The Labute approximate surface area is 44.7 Å². The summed E-state index contributed by atoms with van der Waals surface area (Å²) < 4.78 is 19.4. The molecule has 0 aromatic rings. The third kappa shape index (κ3) is 5.91. The van der Waals surface area contributed by atoms with Crippen LogP contribution in [0.25, 0.3) is 0 Å². The lowest BCUT2D eigenvalue weighted by atomic mass is 10.8. The van der Waals surface area contributed by atoms with E-state index in [2.05, 4.69) is 5.32 Å². The standard InChI is InChI=1S/C3H8NO2S/c1-2-4-3-7(5)6/h3-4,7H,2H2,1H3. The van der Waals surface area contributed by atoms with E-state index >= 15 is 0 Å². The molecule has 0 saturated heterocycles. The van der Waals surface area contributed by atoms with Gasteiger partial charge in [0, 0.05) is 0 Å². The average Bonchev–Trinajstić information content (AvgIpc) is 1.61. The molecule has 43 valence electrons. The summed E-state index contributed by atoms with van der Waals surface area (Å²) in [7, 11) is -2.34. The van der Waals surface area contributed by atoms with Crippen LogP contribution in [0.15, 0.2) is 0 Å². The van der Waals surface area contributed by atoms with E-state index in [1.807, 2.05) is 6.92 Å². The van der Waals surface area contributed by atoms with Crippen molar-refractivity contribution in [2.75, 3.05) is 6.54 Å². The zero-order valence-electron chi connectivity index (χ0n) is 4.05. The monoisotopic (exact) mass is 122 g/mol. The van der Waals surface area contributed by atoms with E-state index in [0.717, 1.165) is 5.88 Å². The summed E-state index contributed by atoms with van der Waals surface area (Å²) in [6.45, 7) is 2.48. The lowest BCUT2D eigenvalue weighted by Gasteiger charge is -1.85. The molecule has 0 rings (SSSR count). The summed E-state index contributed by atoms with van der Waals surface area (Å²) in [6, 6.07) is 0. The molecule has 0 aromatic heterocycles. The number of hydrogen-bond acceptors (Lipinski definition) is 3. The number of thiol groups is 1. The molecule has 1 radical (unpaired) electrons. The quantitative estimate of drug-likeness (QED) is 0.488. The zero-order valence-corrected chi connectivity index (χ0v) is 4.94. The Kier molecular flexibility index (Phi) is 4.03. The fourth-order valence-corrected chi connectivity index (χ4v) is 0.497. The third-order valence-electron chi connectivity index (χ3n) is 0.401. The van der Waals surface area contributed by atoms with Crippen molar-refractivity contribution >= 4 is 10.7 Å². The van der Waals surface area contributed by atoms with Gasteiger partial charge in [-0.3, -0.25) is 5.32 Å². The van der Waals surface area contributed by atoms with Gasteiger partial charge in [0.25, 0.3) is 0 Å². The highest BCUT2D eigenvalue weighted by molar-refractivity contribution is 7.74. The van der Waals surface area contributed by atoms with Crippen molar-refractivity contribution in [3.63, 3.8) is 0 Å². The van der Waals surface area contributed by atoms with Crippen molar-refractivity contribution in [2.45, 2.75) is 6.92 Å². The van der Waals surface area contributed by atoms with Gasteiger partial charge in [-0.25, -0.2) is 8.42 Å². The smallest absolute Gasteiger partial charge is 0.158 e. The molecule has 0 aliphatic heterocycles. The largest absolute Gasteiger partial charge is 0.299 e. The summed E-state index contributed by atoms with van der Waals surface area (Å²) >= 11 is 0. The van der Waals surface area contributed by atoms with Crippen molar-refractivity contribution in [1.82, 2.24) is 5.32 Å². The molecule has 3 nitrogen and oxygen atoms in total. The fraction of sp³-hybridized carbons (Fsp3) is 0.667. The fourth-order valence-electron chi connectivity index (χ4n) is 0.166. The second-order valence-corrected chi connectivity index (χ2v) is 1.80. The minimum Gasteiger partial charge on any atom is -0.299 e. The Morgan fingerprint density at radius 3 is 2.43 bits per heavy atom. The minimum atomic E-state index is -2.34. The lowest BCUT2D eigenvalue weighted by molar-refractivity contribution is 0.615. The molecule has 0 aliphatic rings. The van der Waals surface area contributed by atoms with Crippen LogP contribution in [0, 0.1) is 5.88 Å². The van der Waals surface area contributed by atoms with Crippen LogP contribution in [-0.2, 0) is 10.7 Å². The highest BCUT2D eigenvalue weighted by Gasteiger charge is 1.79. The third-order valence-corrected chi connectivity index (χ3v) is 0.794. The first-order chi connectivity index (χ1) is 3.27. The number of hydrogen-bond donors (Lipinski definition) is 2. The molecular weight excluding hydrogens is 114 g/mol. The maximum atomic E-state index is 9.68. The van der Waals surface area contributed by atoms with Crippen LogP contribution >= 0.6 is 0 Å². The maximum absolute atomic E-state index is 9.68. The first-order valence-corrected chi connectivity index (χ1v) is 3.22. The molecule has 0 aromatic carbocycles. The molecule has 0 aliphatic carbocycles. The van der Waals surface area contributed by atoms with Crippen molar-refractivity contribution in [2.24, 2.45) is 0 Å². The van der Waals surface area contributed by atoms with Crippen LogP contribution in [0.1, 0.15) is 6.92 Å². The van der Waals surface area contributed by atoms with Crippen molar-refractivity contribution in [1.29, 1.82) is 0 Å². The molecule has 0 unspecified atom stereocenters. The van der Waals surface area contributed by atoms with E-state index in [9.17, 15) is 8.42 Å². The van der Waals surface area contributed by atoms with E-state index in [0.29, 0.717) is 6.54 Å². The summed E-state index contributed by atoms with van der Waals surface area (Å²) in [4.78, 5) is 0. The molecule has 0 bridgehead atoms. The molecule has 0 amide bonds. The Balaban J connectivity index is 2.98. The van der Waals surface area contributed by atoms with E-state index in [1.165, 1.54) is 0 Å². The average molecular weight is 122 g/mol. The van der Waals surface area contributed by atoms with Crippen LogP contribution in [-0.4, -0.2) is 15.0 Å². The summed E-state index contributed by atoms with van der Waals surface area (Å²) in [5.74, 6) is 1.05. The van der Waals surface area contributed by atoms with Gasteiger partial charge in [-0.2, -0.15) is 0 Å². The Bertz CT molecular complexity index is 91.1. The van der Waals surface area contributed by atoms with Crippen LogP contribution in [0.3, 0.4) is 0 Å². The second kappa shape index (κ2) is 4.08. The molecule has 0 saturated carbocycles. The van der Waals surface area contributed by atoms with Gasteiger partial charge in [0.15, 0.2) is 10.7 Å². The van der Waals surface area contributed by atoms with Crippen molar-refractivity contribution in [3.8, 4) is 0 Å². The Hall–Kier alpha value is -0.0900. The maximum Gasteiger partial charge on any atom is 0.158 e. The highest BCUT2D eigenvalue weighted by Crippen LogP contribution is 1.64. The van der Waals surface area contributed by atoms with Gasteiger partial charge < -0.3 is 0 Å². The van der Waals surface area contributed by atoms with E-state index in [4.69, 9.17) is 0 Å². The minimum absolute atomic E-state index is 0.656. The molecular formula is C3H8NO2S. The predicted octanol–water partition coefficient (Wildman–Crippen LogP) is -0.673. The SMILES string of the molecule is CCN[CH][SH](=O)=O. The van der Waals surface area contributed by atoms with Crippen molar-refractivity contribution < 1.29 is 8.42 Å².